The molecule has 1 amide bonds. The number of nitrogens with zero attached hydrogens (tertiary/aromatic N) is 4. The number of carbonyl (C=O) groups excluding carboxylic acids is 1. The molecule has 204 valence electrons. The highest BCUT2D eigenvalue weighted by Gasteiger charge is 2.30. The predicted molar refractivity (Wildman–Crippen MR) is 148 cm³/mol. The second-order valence-electron chi connectivity index (χ2n) is 10.2. The van der Waals surface area contributed by atoms with Gasteiger partial charge in [0.05, 0.1) is 6.54 Å². The van der Waals surface area contributed by atoms with Crippen LogP contribution in [0.4, 0.5) is 17.5 Å². The van der Waals surface area contributed by atoms with Gasteiger partial charge in [-0.05, 0) is 79.7 Å². The van der Waals surface area contributed by atoms with Gasteiger partial charge in [0, 0.05) is 31.0 Å². The molecule has 1 fully saturated rings. The quantitative estimate of drug-likeness (QED) is 0.345. The summed E-state index contributed by atoms with van der Waals surface area (Å²) in [6.07, 6.45) is 9.41. The smallest absolute Gasteiger partial charge is 0.303 e. The van der Waals surface area contributed by atoms with Gasteiger partial charge in [0.25, 0.3) is 5.91 Å². The zero-order chi connectivity index (χ0) is 27.2. The number of pyridine rings is 1. The second kappa shape index (κ2) is 12.1. The lowest BCUT2D eigenvalue weighted by atomic mass is 9.77. The van der Waals surface area contributed by atoms with Crippen LogP contribution in [0.3, 0.4) is 0 Å². The van der Waals surface area contributed by atoms with E-state index in [0.717, 1.165) is 49.8 Å². The van der Waals surface area contributed by atoms with Crippen LogP contribution in [0.2, 0.25) is 0 Å². The van der Waals surface area contributed by atoms with Gasteiger partial charge in [0.2, 0.25) is 11.8 Å². The summed E-state index contributed by atoms with van der Waals surface area (Å²) in [6, 6.07) is 12.0. The fourth-order valence-electron chi connectivity index (χ4n) is 5.47. The monoisotopic (exact) mass is 530 g/mol. The number of rotatable bonds is 9. The summed E-state index contributed by atoms with van der Waals surface area (Å²) in [4.78, 5) is 39.1. The minimum Gasteiger partial charge on any atom is -0.481 e. The summed E-state index contributed by atoms with van der Waals surface area (Å²) in [5, 5.41) is 12.2. The standard InChI is InChI=1S/C29H34N6O4/c30-26-25-27(34-29(33-26)32-14-2-4-20-3-1-13-31-18-20)39-16-15-35(28(25)38)23-11-9-22(10-12-23)21-7-5-19(6-8-21)17-24(36)37/h1,3,9-13,18-19,21H,2,4-8,14-17H2,(H,36,37)(H3,30,32,33,34)/t19-,21-. The SMILES string of the molecule is Nc1nc(NCCCc2cccnc2)nc2c1C(=O)N(c1ccc([C@H]3CC[C@H](CC(=O)O)CC3)cc1)CCO2. The third-order valence-electron chi connectivity index (χ3n) is 7.55. The zero-order valence-electron chi connectivity index (χ0n) is 21.9. The van der Waals surface area contributed by atoms with Crippen molar-refractivity contribution in [3.63, 3.8) is 0 Å². The number of nitrogens with one attached hydrogen (secondary N) is 1. The first kappa shape index (κ1) is 26.4. The molecule has 10 nitrogen and oxygen atoms in total. The number of hydrogen-bond acceptors (Lipinski definition) is 8. The van der Waals surface area contributed by atoms with Gasteiger partial charge in [-0.1, -0.05) is 18.2 Å². The van der Waals surface area contributed by atoms with Crippen molar-refractivity contribution < 1.29 is 19.4 Å². The van der Waals surface area contributed by atoms with Gasteiger partial charge in [-0.15, -0.1) is 0 Å². The molecule has 0 saturated heterocycles. The largest absolute Gasteiger partial charge is 0.481 e. The van der Waals surface area contributed by atoms with E-state index in [-0.39, 0.29) is 42.1 Å². The highest BCUT2D eigenvalue weighted by atomic mass is 16.5. The first-order chi connectivity index (χ1) is 19.0. The molecule has 0 unspecified atom stereocenters. The Morgan fingerprint density at radius 2 is 1.92 bits per heavy atom. The number of carbonyl (C=O) groups is 2. The third-order valence-corrected chi connectivity index (χ3v) is 7.55. The number of nitrogen functional groups attached to an aromatic ring is 1. The zero-order valence-corrected chi connectivity index (χ0v) is 21.9. The molecule has 0 bridgehead atoms. The van der Waals surface area contributed by atoms with Crippen LogP contribution in [0.1, 0.15) is 65.9 Å². The Bertz CT molecular complexity index is 1290. The number of ether oxygens (including phenoxy) is 1. The lowest BCUT2D eigenvalue weighted by Crippen LogP contribution is -2.32. The topological polar surface area (TPSA) is 144 Å². The van der Waals surface area contributed by atoms with Crippen molar-refractivity contribution in [2.45, 2.75) is 50.9 Å². The van der Waals surface area contributed by atoms with Crippen LogP contribution in [0.25, 0.3) is 0 Å². The lowest BCUT2D eigenvalue weighted by molar-refractivity contribution is -0.138. The number of aryl methyl sites for hydroxylation is 1. The van der Waals surface area contributed by atoms with Crippen molar-refractivity contribution in [1.29, 1.82) is 0 Å². The summed E-state index contributed by atoms with van der Waals surface area (Å²) >= 11 is 0. The van der Waals surface area contributed by atoms with Gasteiger partial charge in [-0.3, -0.25) is 14.6 Å². The van der Waals surface area contributed by atoms with Gasteiger partial charge in [-0.25, -0.2) is 0 Å². The Kier molecular flexibility index (Phi) is 8.19. The first-order valence-corrected chi connectivity index (χ1v) is 13.5. The molecular weight excluding hydrogens is 496 g/mol. The molecule has 3 aromatic rings. The van der Waals surface area contributed by atoms with Crippen molar-refractivity contribution >= 4 is 29.3 Å². The maximum absolute atomic E-state index is 13.5. The average Bonchev–Trinajstić information content (AvgIpc) is 3.10. The van der Waals surface area contributed by atoms with E-state index in [1.165, 1.54) is 5.56 Å². The molecule has 0 radical (unpaired) electrons. The van der Waals surface area contributed by atoms with Crippen LogP contribution in [-0.4, -0.2) is 51.6 Å². The Hall–Kier alpha value is -4.21. The molecule has 4 N–H and O–H groups in total. The number of amides is 1. The van der Waals surface area contributed by atoms with E-state index in [1.54, 1.807) is 11.1 Å². The van der Waals surface area contributed by atoms with Gasteiger partial charge >= 0.3 is 5.97 Å². The van der Waals surface area contributed by atoms with E-state index < -0.39 is 5.97 Å². The highest BCUT2D eigenvalue weighted by molar-refractivity contribution is 6.10. The molecule has 1 saturated carbocycles. The summed E-state index contributed by atoms with van der Waals surface area (Å²) in [5.74, 6) is 0.285. The molecule has 1 aliphatic carbocycles. The summed E-state index contributed by atoms with van der Waals surface area (Å²) in [7, 11) is 0. The van der Waals surface area contributed by atoms with Crippen LogP contribution >= 0.6 is 0 Å². The van der Waals surface area contributed by atoms with E-state index >= 15 is 0 Å². The van der Waals surface area contributed by atoms with E-state index in [4.69, 9.17) is 15.6 Å². The number of carboxylic acid groups (broad SMARTS) is 1. The van der Waals surface area contributed by atoms with Gasteiger partial charge in [0.15, 0.2) is 0 Å². The van der Waals surface area contributed by atoms with Crippen molar-refractivity contribution in [2.24, 2.45) is 5.92 Å². The number of aromatic nitrogens is 3. The van der Waals surface area contributed by atoms with Crippen LogP contribution in [0, 0.1) is 5.92 Å². The Morgan fingerprint density at radius 1 is 1.13 bits per heavy atom. The van der Waals surface area contributed by atoms with E-state index in [0.29, 0.717) is 25.0 Å². The second-order valence-corrected chi connectivity index (χ2v) is 10.2. The molecular formula is C29H34N6O4. The number of carboxylic acids is 1. The maximum Gasteiger partial charge on any atom is 0.303 e. The van der Waals surface area contributed by atoms with Crippen molar-refractivity contribution in [1.82, 2.24) is 15.0 Å². The minimum atomic E-state index is -0.717. The molecule has 10 heteroatoms. The highest BCUT2D eigenvalue weighted by Crippen LogP contribution is 2.38. The summed E-state index contributed by atoms with van der Waals surface area (Å²) in [5.41, 5.74) is 9.55. The third kappa shape index (κ3) is 6.45. The Morgan fingerprint density at radius 3 is 2.64 bits per heavy atom. The van der Waals surface area contributed by atoms with E-state index in [2.05, 4.69) is 32.4 Å². The lowest BCUT2D eigenvalue weighted by Gasteiger charge is -2.28. The van der Waals surface area contributed by atoms with Gasteiger partial charge in [0.1, 0.15) is 18.0 Å². The molecule has 39 heavy (non-hydrogen) atoms. The van der Waals surface area contributed by atoms with Crippen LogP contribution in [-0.2, 0) is 11.2 Å². The van der Waals surface area contributed by atoms with Gasteiger partial charge in [-0.2, -0.15) is 9.97 Å². The number of hydrogen-bond donors (Lipinski definition) is 3. The number of anilines is 3. The molecule has 5 rings (SSSR count). The van der Waals surface area contributed by atoms with Crippen molar-refractivity contribution in [2.75, 3.05) is 35.6 Å². The minimum absolute atomic E-state index is 0.0846. The number of aliphatic carboxylic acids is 1. The molecule has 2 aliphatic rings. The Balaban J connectivity index is 1.22. The van der Waals surface area contributed by atoms with E-state index in [1.807, 2.05) is 30.5 Å². The fourth-order valence-corrected chi connectivity index (χ4v) is 5.47. The molecule has 1 aromatic carbocycles. The molecule has 0 spiro atoms. The first-order valence-electron chi connectivity index (χ1n) is 13.5. The predicted octanol–water partition coefficient (Wildman–Crippen LogP) is 4.29. The normalized spacial score (nSPS) is 19.1. The molecule has 2 aromatic heterocycles. The average molecular weight is 531 g/mol. The van der Waals surface area contributed by atoms with Crippen LogP contribution < -0.4 is 20.7 Å². The van der Waals surface area contributed by atoms with Crippen molar-refractivity contribution in [3.8, 4) is 5.88 Å². The summed E-state index contributed by atoms with van der Waals surface area (Å²) in [6.45, 7) is 1.29. The maximum atomic E-state index is 13.5. The van der Waals surface area contributed by atoms with Gasteiger partial charge < -0.3 is 25.8 Å². The molecule has 0 atom stereocenters. The van der Waals surface area contributed by atoms with E-state index in [9.17, 15) is 9.59 Å². The number of fused-ring (bicyclic) bond motifs is 1. The van der Waals surface area contributed by atoms with Crippen molar-refractivity contribution in [3.05, 3.63) is 65.5 Å². The fraction of sp³-hybridized carbons (Fsp3) is 0.414. The molecule has 1 aliphatic heterocycles. The van der Waals surface area contributed by atoms with Crippen LogP contribution in [0.15, 0.2) is 48.8 Å². The Labute approximate surface area is 227 Å². The number of benzene rings is 1. The molecule has 3 heterocycles. The summed E-state index contributed by atoms with van der Waals surface area (Å²) < 4.78 is 5.84. The number of nitrogens with two attached hydrogens (primary N) is 1. The van der Waals surface area contributed by atoms with Crippen LogP contribution in [0.5, 0.6) is 5.88 Å².